The molecule has 104 valence electrons. The minimum Gasteiger partial charge on any atom is -0.317 e. The third kappa shape index (κ3) is 3.11. The number of nitrogens with one attached hydrogen (secondary N) is 1. The van der Waals surface area contributed by atoms with E-state index < -0.39 is 0 Å². The Morgan fingerprint density at radius 2 is 2.11 bits per heavy atom. The molecule has 1 aliphatic rings. The first-order valence-corrected chi connectivity index (χ1v) is 6.78. The second-order valence-corrected chi connectivity index (χ2v) is 5.13. The van der Waals surface area contributed by atoms with Crippen LogP contribution in [0.1, 0.15) is 24.9 Å². The van der Waals surface area contributed by atoms with Gasteiger partial charge in [0.2, 0.25) is 0 Å². The van der Waals surface area contributed by atoms with E-state index in [1.807, 2.05) is 12.1 Å². The van der Waals surface area contributed by atoms with Gasteiger partial charge in [0.15, 0.2) is 0 Å². The Labute approximate surface area is 113 Å². The summed E-state index contributed by atoms with van der Waals surface area (Å²) in [5.74, 6) is 0.575. The monoisotopic (exact) mass is 263 g/mol. The quantitative estimate of drug-likeness (QED) is 0.653. The molecule has 0 saturated carbocycles. The van der Waals surface area contributed by atoms with E-state index in [2.05, 4.69) is 24.2 Å². The molecule has 2 unspecified atom stereocenters. The topological polar surface area (TPSA) is 58.4 Å². The van der Waals surface area contributed by atoms with Crippen LogP contribution in [-0.2, 0) is 0 Å². The van der Waals surface area contributed by atoms with Gasteiger partial charge in [0.1, 0.15) is 0 Å². The maximum Gasteiger partial charge on any atom is 0.269 e. The zero-order valence-corrected chi connectivity index (χ0v) is 11.5. The average Bonchev–Trinajstić information content (AvgIpc) is 2.77. The Morgan fingerprint density at radius 1 is 1.42 bits per heavy atom. The zero-order chi connectivity index (χ0) is 13.8. The number of non-ortho nitro benzene ring substituents is 1. The van der Waals surface area contributed by atoms with Gasteiger partial charge in [0.25, 0.3) is 5.69 Å². The fourth-order valence-electron chi connectivity index (χ4n) is 2.89. The highest BCUT2D eigenvalue weighted by atomic mass is 16.6. The Hall–Kier alpha value is -1.46. The number of benzene rings is 1. The first-order valence-electron chi connectivity index (χ1n) is 6.78. The molecule has 1 aliphatic heterocycles. The first-order chi connectivity index (χ1) is 9.13. The number of rotatable bonds is 5. The van der Waals surface area contributed by atoms with Gasteiger partial charge in [0, 0.05) is 18.2 Å². The number of likely N-dealkylation sites (tertiary alicyclic amines) is 1. The van der Waals surface area contributed by atoms with E-state index in [0.717, 1.165) is 19.6 Å². The Balaban J connectivity index is 2.15. The van der Waals surface area contributed by atoms with Gasteiger partial charge in [-0.05, 0) is 44.6 Å². The Bertz CT molecular complexity index is 433. The summed E-state index contributed by atoms with van der Waals surface area (Å²) in [6.07, 6.45) is 1.17. The van der Waals surface area contributed by atoms with Crippen molar-refractivity contribution in [3.05, 3.63) is 39.9 Å². The van der Waals surface area contributed by atoms with E-state index in [-0.39, 0.29) is 10.6 Å². The fourth-order valence-corrected chi connectivity index (χ4v) is 2.89. The summed E-state index contributed by atoms with van der Waals surface area (Å²) in [6.45, 7) is 5.17. The predicted octanol–water partition coefficient (Wildman–Crippen LogP) is 2.20. The molecule has 0 aromatic heterocycles. The summed E-state index contributed by atoms with van der Waals surface area (Å²) in [7, 11) is 2.12. The van der Waals surface area contributed by atoms with Gasteiger partial charge in [0.05, 0.1) is 4.92 Å². The van der Waals surface area contributed by atoms with Crippen LogP contribution in [0.25, 0.3) is 0 Å². The molecule has 1 saturated heterocycles. The second-order valence-electron chi connectivity index (χ2n) is 5.13. The predicted molar refractivity (Wildman–Crippen MR) is 75.1 cm³/mol. The minimum atomic E-state index is -0.349. The van der Waals surface area contributed by atoms with Crippen molar-refractivity contribution in [2.45, 2.75) is 19.4 Å². The van der Waals surface area contributed by atoms with Crippen molar-refractivity contribution in [2.24, 2.45) is 5.92 Å². The standard InChI is InChI=1S/C14H21N3O2/c1-3-15-10-12-8-9-16(2)14(12)11-4-6-13(7-5-11)17(18)19/h4-7,12,14-15H,3,8-10H2,1-2H3. The fraction of sp³-hybridized carbons (Fsp3) is 0.571. The third-order valence-corrected chi connectivity index (χ3v) is 3.88. The summed E-state index contributed by atoms with van der Waals surface area (Å²) in [4.78, 5) is 12.7. The zero-order valence-electron chi connectivity index (χ0n) is 11.5. The van der Waals surface area contributed by atoms with E-state index in [4.69, 9.17) is 0 Å². The summed E-state index contributed by atoms with van der Waals surface area (Å²) in [6, 6.07) is 7.35. The molecule has 0 spiro atoms. The Morgan fingerprint density at radius 3 is 2.68 bits per heavy atom. The molecule has 1 heterocycles. The van der Waals surface area contributed by atoms with Crippen LogP contribution in [0.4, 0.5) is 5.69 Å². The molecule has 0 radical (unpaired) electrons. The summed E-state index contributed by atoms with van der Waals surface area (Å²) in [5, 5.41) is 14.1. The summed E-state index contributed by atoms with van der Waals surface area (Å²) < 4.78 is 0. The SMILES string of the molecule is CCNCC1CCN(C)C1c1ccc([N+](=O)[O-])cc1. The molecule has 0 bridgehead atoms. The highest BCUT2D eigenvalue weighted by Crippen LogP contribution is 2.36. The van der Waals surface area contributed by atoms with Gasteiger partial charge >= 0.3 is 0 Å². The molecule has 0 amide bonds. The van der Waals surface area contributed by atoms with Gasteiger partial charge in [-0.25, -0.2) is 0 Å². The largest absolute Gasteiger partial charge is 0.317 e. The van der Waals surface area contributed by atoms with Crippen LogP contribution in [0, 0.1) is 16.0 Å². The number of nitro groups is 1. The molecule has 0 aliphatic carbocycles. The maximum absolute atomic E-state index is 10.7. The molecule has 1 aromatic carbocycles. The maximum atomic E-state index is 10.7. The second kappa shape index (κ2) is 6.12. The van der Waals surface area contributed by atoms with Gasteiger partial charge in [-0.3, -0.25) is 15.0 Å². The van der Waals surface area contributed by atoms with Crippen molar-refractivity contribution in [3.63, 3.8) is 0 Å². The van der Waals surface area contributed by atoms with E-state index in [0.29, 0.717) is 12.0 Å². The lowest BCUT2D eigenvalue weighted by molar-refractivity contribution is -0.384. The molecule has 1 N–H and O–H groups in total. The smallest absolute Gasteiger partial charge is 0.269 e. The van der Waals surface area contributed by atoms with Crippen LogP contribution >= 0.6 is 0 Å². The molecule has 1 fully saturated rings. The van der Waals surface area contributed by atoms with Gasteiger partial charge < -0.3 is 5.32 Å². The number of hydrogen-bond donors (Lipinski definition) is 1. The van der Waals surface area contributed by atoms with Crippen molar-refractivity contribution in [1.82, 2.24) is 10.2 Å². The van der Waals surface area contributed by atoms with Crippen molar-refractivity contribution in [3.8, 4) is 0 Å². The van der Waals surface area contributed by atoms with Crippen LogP contribution in [0.2, 0.25) is 0 Å². The summed E-state index contributed by atoms with van der Waals surface area (Å²) >= 11 is 0. The van der Waals surface area contributed by atoms with E-state index in [1.54, 1.807) is 12.1 Å². The first kappa shape index (κ1) is 14.0. The van der Waals surface area contributed by atoms with Gasteiger partial charge in [-0.2, -0.15) is 0 Å². The molecule has 2 rings (SSSR count). The number of nitro benzene ring substituents is 1. The minimum absolute atomic E-state index is 0.160. The van der Waals surface area contributed by atoms with E-state index >= 15 is 0 Å². The number of nitrogens with zero attached hydrogens (tertiary/aromatic N) is 2. The van der Waals surface area contributed by atoms with Crippen molar-refractivity contribution in [2.75, 3.05) is 26.7 Å². The number of hydrogen-bond acceptors (Lipinski definition) is 4. The molecular weight excluding hydrogens is 242 g/mol. The highest BCUT2D eigenvalue weighted by molar-refractivity contribution is 5.34. The van der Waals surface area contributed by atoms with Crippen LogP contribution in [0.3, 0.4) is 0 Å². The highest BCUT2D eigenvalue weighted by Gasteiger charge is 2.32. The molecule has 5 heteroatoms. The lowest BCUT2D eigenvalue weighted by Crippen LogP contribution is -2.28. The van der Waals surface area contributed by atoms with Crippen molar-refractivity contribution < 1.29 is 4.92 Å². The molecular formula is C14H21N3O2. The molecule has 19 heavy (non-hydrogen) atoms. The van der Waals surface area contributed by atoms with Gasteiger partial charge in [-0.1, -0.05) is 19.1 Å². The van der Waals surface area contributed by atoms with E-state index in [9.17, 15) is 10.1 Å². The normalized spacial score (nSPS) is 23.7. The van der Waals surface area contributed by atoms with Crippen LogP contribution in [-0.4, -0.2) is 36.5 Å². The third-order valence-electron chi connectivity index (χ3n) is 3.88. The van der Waals surface area contributed by atoms with Crippen molar-refractivity contribution >= 4 is 5.69 Å². The molecule has 1 aromatic rings. The summed E-state index contributed by atoms with van der Waals surface area (Å²) in [5.41, 5.74) is 1.33. The lowest BCUT2D eigenvalue weighted by Gasteiger charge is -2.25. The van der Waals surface area contributed by atoms with Gasteiger partial charge in [-0.15, -0.1) is 0 Å². The van der Waals surface area contributed by atoms with Crippen molar-refractivity contribution in [1.29, 1.82) is 0 Å². The Kier molecular flexibility index (Phi) is 4.50. The molecule has 5 nitrogen and oxygen atoms in total. The van der Waals surface area contributed by atoms with E-state index in [1.165, 1.54) is 12.0 Å². The van der Waals surface area contributed by atoms with Crippen LogP contribution < -0.4 is 5.32 Å². The average molecular weight is 263 g/mol. The molecule has 2 atom stereocenters. The van der Waals surface area contributed by atoms with Crippen LogP contribution in [0.15, 0.2) is 24.3 Å². The lowest BCUT2D eigenvalue weighted by atomic mass is 9.93. The van der Waals surface area contributed by atoms with Crippen LogP contribution in [0.5, 0.6) is 0 Å².